The van der Waals surface area contributed by atoms with Crippen LogP contribution in [-0.2, 0) is 10.2 Å². The number of nitrogens with zero attached hydrogens (tertiary/aromatic N) is 1. The Morgan fingerprint density at radius 3 is 2.36 bits per heavy atom. The first-order valence-electron chi connectivity index (χ1n) is 14.1. The molecule has 42 heavy (non-hydrogen) atoms. The molecular weight excluding hydrogens is 524 g/mol. The van der Waals surface area contributed by atoms with Gasteiger partial charge in [-0.3, -0.25) is 14.4 Å². The van der Waals surface area contributed by atoms with Crippen molar-refractivity contribution in [3.8, 4) is 5.75 Å². The second kappa shape index (κ2) is 9.55. The van der Waals surface area contributed by atoms with Gasteiger partial charge in [0.1, 0.15) is 17.2 Å². The number of hydrogen-bond donors (Lipinski definition) is 1. The zero-order chi connectivity index (χ0) is 29.2. The van der Waals surface area contributed by atoms with E-state index in [-0.39, 0.29) is 17.5 Å². The molecule has 4 atom stereocenters. The summed E-state index contributed by atoms with van der Waals surface area (Å²) in [5, 5.41) is 3.09. The van der Waals surface area contributed by atoms with Gasteiger partial charge in [0.25, 0.3) is 0 Å². The number of anilines is 2. The lowest BCUT2D eigenvalue weighted by atomic mass is 9.64. The molecule has 0 aliphatic carbocycles. The topological polar surface area (TPSA) is 75.7 Å². The van der Waals surface area contributed by atoms with E-state index in [0.717, 1.165) is 28.0 Å². The monoisotopic (exact) mass is 554 g/mol. The van der Waals surface area contributed by atoms with Crippen LogP contribution in [-0.4, -0.2) is 36.7 Å². The predicted octanol–water partition coefficient (Wildman–Crippen LogP) is 6.25. The van der Waals surface area contributed by atoms with Crippen molar-refractivity contribution in [3.63, 3.8) is 0 Å². The molecule has 1 amide bonds. The average Bonchev–Trinajstić information content (AvgIpc) is 3.49. The molecular formula is C36H30N2O4. The number of rotatable bonds is 5. The van der Waals surface area contributed by atoms with Crippen LogP contribution < -0.4 is 15.0 Å². The number of methoxy groups -OCH3 is 1. The molecule has 7 rings (SSSR count). The van der Waals surface area contributed by atoms with Crippen molar-refractivity contribution in [3.05, 3.63) is 131 Å². The zero-order valence-corrected chi connectivity index (χ0v) is 23.6. The summed E-state index contributed by atoms with van der Waals surface area (Å²) in [6, 6.07) is 28.2. The van der Waals surface area contributed by atoms with Crippen molar-refractivity contribution in [2.75, 3.05) is 17.3 Å². The predicted molar refractivity (Wildman–Crippen MR) is 163 cm³/mol. The molecule has 6 heteroatoms. The van der Waals surface area contributed by atoms with Crippen LogP contribution in [0.3, 0.4) is 0 Å². The van der Waals surface area contributed by atoms with Crippen LogP contribution in [0.5, 0.6) is 5.75 Å². The molecule has 0 aromatic heterocycles. The summed E-state index contributed by atoms with van der Waals surface area (Å²) in [6.07, 6.45) is 2.08. The second-order valence-corrected chi connectivity index (χ2v) is 11.3. The van der Waals surface area contributed by atoms with E-state index in [9.17, 15) is 14.4 Å². The number of carbonyl (C=O) groups is 3. The zero-order valence-electron chi connectivity index (χ0n) is 23.6. The highest BCUT2D eigenvalue weighted by Crippen LogP contribution is 2.59. The van der Waals surface area contributed by atoms with E-state index in [2.05, 4.69) is 17.5 Å². The van der Waals surface area contributed by atoms with Crippen molar-refractivity contribution in [2.24, 2.45) is 5.92 Å². The Bertz CT molecular complexity index is 1810. The Labute approximate surface area is 244 Å². The van der Waals surface area contributed by atoms with Gasteiger partial charge in [-0.1, -0.05) is 78.4 Å². The Morgan fingerprint density at radius 1 is 0.833 bits per heavy atom. The third-order valence-electron chi connectivity index (χ3n) is 9.10. The van der Waals surface area contributed by atoms with Gasteiger partial charge in [0.05, 0.1) is 19.1 Å². The first-order valence-corrected chi connectivity index (χ1v) is 14.1. The molecule has 4 aromatic carbocycles. The summed E-state index contributed by atoms with van der Waals surface area (Å²) in [7, 11) is 1.55. The molecule has 1 fully saturated rings. The minimum absolute atomic E-state index is 0.199. The number of ether oxygens (including phenoxy) is 1. The number of amides is 1. The average molecular weight is 555 g/mol. The number of hydrogen-bond acceptors (Lipinski definition) is 5. The van der Waals surface area contributed by atoms with E-state index in [1.54, 1.807) is 43.5 Å². The summed E-state index contributed by atoms with van der Waals surface area (Å²) < 4.78 is 5.45. The maximum Gasteiger partial charge on any atom is 0.238 e. The van der Waals surface area contributed by atoms with E-state index in [4.69, 9.17) is 4.74 Å². The number of carbonyl (C=O) groups excluding carboxylic acids is 3. The number of aryl methyl sites for hydroxylation is 1. The number of ketones is 2. The molecule has 1 saturated heterocycles. The van der Waals surface area contributed by atoms with Gasteiger partial charge in [-0.2, -0.15) is 0 Å². The molecule has 1 spiro atoms. The number of allylic oxidation sites excluding steroid dienone is 1. The third kappa shape index (κ3) is 3.54. The van der Waals surface area contributed by atoms with Gasteiger partial charge >= 0.3 is 0 Å². The number of nitrogens with one attached hydrogen (secondary N) is 1. The summed E-state index contributed by atoms with van der Waals surface area (Å²) in [5.41, 5.74) is 4.87. The van der Waals surface area contributed by atoms with E-state index in [1.165, 1.54) is 0 Å². The molecule has 0 saturated carbocycles. The van der Waals surface area contributed by atoms with Gasteiger partial charge in [-0.05, 0) is 55.3 Å². The van der Waals surface area contributed by atoms with Crippen LogP contribution in [0.25, 0.3) is 5.57 Å². The van der Waals surface area contributed by atoms with Crippen molar-refractivity contribution < 1.29 is 19.1 Å². The highest BCUT2D eigenvalue weighted by atomic mass is 16.5. The smallest absolute Gasteiger partial charge is 0.238 e. The summed E-state index contributed by atoms with van der Waals surface area (Å²) in [6.45, 7) is 4.07. The summed E-state index contributed by atoms with van der Waals surface area (Å²) >= 11 is 0. The van der Waals surface area contributed by atoms with Gasteiger partial charge in [-0.15, -0.1) is 0 Å². The molecule has 4 aromatic rings. The van der Waals surface area contributed by atoms with Crippen LogP contribution in [0.4, 0.5) is 11.4 Å². The number of Topliss-reactive ketones (excluding diaryl/α,β-unsaturated/α-hetero) is 2. The van der Waals surface area contributed by atoms with Crippen molar-refractivity contribution in [1.29, 1.82) is 0 Å². The lowest BCUT2D eigenvalue weighted by Gasteiger charge is -2.39. The molecule has 0 unspecified atom stereocenters. The molecule has 1 N–H and O–H groups in total. The van der Waals surface area contributed by atoms with Crippen LogP contribution in [0.2, 0.25) is 0 Å². The van der Waals surface area contributed by atoms with E-state index in [0.29, 0.717) is 22.6 Å². The first kappa shape index (κ1) is 26.0. The molecule has 208 valence electrons. The molecule has 3 aliphatic heterocycles. The van der Waals surface area contributed by atoms with Crippen LogP contribution >= 0.6 is 0 Å². The molecule has 0 bridgehead atoms. The number of para-hydroxylation sites is 1. The lowest BCUT2D eigenvalue weighted by molar-refractivity contribution is -0.121. The largest absolute Gasteiger partial charge is 0.497 e. The Balaban J connectivity index is 1.56. The van der Waals surface area contributed by atoms with Gasteiger partial charge < -0.3 is 15.0 Å². The van der Waals surface area contributed by atoms with Gasteiger partial charge in [0, 0.05) is 28.1 Å². The van der Waals surface area contributed by atoms with Gasteiger partial charge in [0.2, 0.25) is 5.91 Å². The normalized spacial score (nSPS) is 23.5. The van der Waals surface area contributed by atoms with Crippen LogP contribution in [0.15, 0.2) is 103 Å². The summed E-state index contributed by atoms with van der Waals surface area (Å²) in [5.74, 6) is -1.24. The van der Waals surface area contributed by atoms with Crippen molar-refractivity contribution in [2.45, 2.75) is 31.3 Å². The Morgan fingerprint density at radius 2 is 1.57 bits per heavy atom. The van der Waals surface area contributed by atoms with E-state index < -0.39 is 23.4 Å². The van der Waals surface area contributed by atoms with Crippen LogP contribution in [0, 0.1) is 12.8 Å². The number of fused-ring (bicyclic) bond motifs is 6. The van der Waals surface area contributed by atoms with Crippen molar-refractivity contribution in [1.82, 2.24) is 0 Å². The minimum atomic E-state index is -1.35. The molecule has 3 heterocycles. The molecule has 3 aliphatic rings. The van der Waals surface area contributed by atoms with E-state index >= 15 is 0 Å². The van der Waals surface area contributed by atoms with Crippen molar-refractivity contribution >= 4 is 34.4 Å². The molecule has 6 nitrogen and oxygen atoms in total. The first-order chi connectivity index (χ1) is 20.4. The Hall–Kier alpha value is -4.97. The highest BCUT2D eigenvalue weighted by Gasteiger charge is 2.70. The maximum atomic E-state index is 14.9. The fraction of sp³-hybridized carbons (Fsp3) is 0.194. The fourth-order valence-electron chi connectivity index (χ4n) is 7.28. The minimum Gasteiger partial charge on any atom is -0.497 e. The van der Waals surface area contributed by atoms with Gasteiger partial charge in [0.15, 0.2) is 11.6 Å². The third-order valence-corrected chi connectivity index (χ3v) is 9.10. The quantitative estimate of drug-likeness (QED) is 0.295. The SMILES string of the molecule is COc1cccc(C(=O)[C@@H]2[C@H](C(=O)c3ccccc3)N3c4ccc(C)cc4C(C)=C[C@@H]3[C@@]23C(=O)Nc2ccccc23)c1. The standard InChI is InChI=1S/C36H30N2O4/c1-21-16-17-29-26(18-21)22(2)19-30-36(27-14-7-8-15-28(27)37-35(36)41)31(33(39)24-12-9-13-25(20-24)42-3)32(38(29)30)34(40)23-10-5-4-6-11-23/h4-20,30-32H,1-3H3,(H,37,41)/t30-,31+,32-,36-/m1/s1. The summed E-state index contributed by atoms with van der Waals surface area (Å²) in [4.78, 5) is 46.2. The maximum absolute atomic E-state index is 14.9. The lowest BCUT2D eigenvalue weighted by Crippen LogP contribution is -2.51. The van der Waals surface area contributed by atoms with Crippen LogP contribution in [0.1, 0.15) is 44.3 Å². The Kier molecular flexibility index (Phi) is 5.91. The fourth-order valence-corrected chi connectivity index (χ4v) is 7.28. The van der Waals surface area contributed by atoms with Gasteiger partial charge in [-0.25, -0.2) is 0 Å². The molecule has 0 radical (unpaired) electrons. The highest BCUT2D eigenvalue weighted by molar-refractivity contribution is 6.18. The second-order valence-electron chi connectivity index (χ2n) is 11.3. The van der Waals surface area contributed by atoms with E-state index in [1.807, 2.05) is 73.3 Å². The number of benzene rings is 4.